The summed E-state index contributed by atoms with van der Waals surface area (Å²) in [6.45, 7) is 0. The molecule has 4 bridgehead atoms. The third-order valence-corrected chi connectivity index (χ3v) is 5.72. The quantitative estimate of drug-likeness (QED) is 0.501. The second-order valence-corrected chi connectivity index (χ2v) is 7.67. The number of halogens is 1. The lowest BCUT2D eigenvalue weighted by Gasteiger charge is -2.08. The second kappa shape index (κ2) is 8.86. The summed E-state index contributed by atoms with van der Waals surface area (Å²) >= 11 is 0. The molecule has 0 unspecified atom stereocenters. The van der Waals surface area contributed by atoms with Gasteiger partial charge in [-0.2, -0.15) is 0 Å². The van der Waals surface area contributed by atoms with Crippen LogP contribution in [-0.4, -0.2) is 41.0 Å². The van der Waals surface area contributed by atoms with E-state index in [9.17, 15) is 14.4 Å². The Labute approximate surface area is 159 Å². The molecule has 0 aromatic carbocycles. The summed E-state index contributed by atoms with van der Waals surface area (Å²) in [5.41, 5.74) is 5.50. The van der Waals surface area contributed by atoms with Crippen LogP contribution in [0.3, 0.4) is 0 Å². The molecule has 3 aliphatic carbocycles. The second-order valence-electron chi connectivity index (χ2n) is 7.67. The molecule has 2 saturated heterocycles. The minimum atomic E-state index is -0.692. The van der Waals surface area contributed by atoms with Crippen LogP contribution in [0, 0.1) is 17.8 Å². The molecule has 5 N–H and O–H groups in total. The molecular weight excluding hydrogens is 358 g/mol. The van der Waals surface area contributed by atoms with E-state index in [1.165, 1.54) is 6.42 Å². The number of aliphatic carboxylic acids is 1. The van der Waals surface area contributed by atoms with Crippen LogP contribution in [-0.2, 0) is 14.4 Å². The summed E-state index contributed by atoms with van der Waals surface area (Å²) in [6, 6.07) is 1.05. The van der Waals surface area contributed by atoms with Gasteiger partial charge in [0.25, 0.3) is 0 Å². The van der Waals surface area contributed by atoms with Gasteiger partial charge in [-0.05, 0) is 44.9 Å². The molecule has 0 aromatic rings. The molecular formula is C18H28ClN3O4. The standard InChI is InChI=1S/C6H11NO2.C6H9NO.C6H7NO.ClH/c7-5-2-1-4(3-5)6(8)9;2*8-6-4-1-2-5(3-4)7-6;/h4-5H,1-3,7H2,(H,8,9);4-5H,1-3H2,(H,7,8);1-2,4-5H,3H2,(H,7,8);1H/t3*4-,5+;/m000./s1. The van der Waals surface area contributed by atoms with Crippen molar-refractivity contribution in [1.29, 1.82) is 0 Å². The minimum absolute atomic E-state index is 0. The zero-order chi connectivity index (χ0) is 18.0. The smallest absolute Gasteiger partial charge is 0.306 e. The molecule has 0 spiro atoms. The fourth-order valence-corrected chi connectivity index (χ4v) is 4.20. The van der Waals surface area contributed by atoms with E-state index in [1.54, 1.807) is 0 Å². The molecule has 6 atom stereocenters. The normalized spacial score (nSPS) is 37.7. The van der Waals surface area contributed by atoms with Crippen molar-refractivity contribution in [3.63, 3.8) is 0 Å². The number of nitrogens with two attached hydrogens (primary N) is 1. The van der Waals surface area contributed by atoms with Crippen molar-refractivity contribution in [2.45, 2.75) is 63.1 Å². The molecule has 2 amide bonds. The van der Waals surface area contributed by atoms with Crippen LogP contribution in [0.15, 0.2) is 12.2 Å². The lowest BCUT2D eigenvalue weighted by atomic mass is 10.1. The molecule has 2 aliphatic heterocycles. The number of fused-ring (bicyclic) bond motifs is 4. The van der Waals surface area contributed by atoms with E-state index < -0.39 is 5.97 Å². The zero-order valence-electron chi connectivity index (χ0n) is 14.7. The van der Waals surface area contributed by atoms with E-state index in [2.05, 4.69) is 16.7 Å². The molecule has 7 nitrogen and oxygen atoms in total. The van der Waals surface area contributed by atoms with Crippen LogP contribution >= 0.6 is 12.4 Å². The number of amides is 2. The highest BCUT2D eigenvalue weighted by Gasteiger charge is 2.37. The number of carbonyl (C=O) groups excluding carboxylic acids is 2. The highest BCUT2D eigenvalue weighted by atomic mass is 35.5. The Bertz CT molecular complexity index is 583. The third kappa shape index (κ3) is 4.98. The molecule has 0 radical (unpaired) electrons. The first-order chi connectivity index (χ1) is 11.9. The molecule has 26 heavy (non-hydrogen) atoms. The molecule has 4 fully saturated rings. The average Bonchev–Trinajstić information content (AvgIpc) is 3.34. The summed E-state index contributed by atoms with van der Waals surface area (Å²) in [7, 11) is 0. The third-order valence-electron chi connectivity index (χ3n) is 5.72. The van der Waals surface area contributed by atoms with Crippen molar-refractivity contribution < 1.29 is 19.5 Å². The number of carboxylic acids is 1. The van der Waals surface area contributed by atoms with Gasteiger partial charge in [0.15, 0.2) is 0 Å². The lowest BCUT2D eigenvalue weighted by molar-refractivity contribution is -0.141. The Kier molecular flexibility index (Phi) is 7.06. The van der Waals surface area contributed by atoms with Gasteiger partial charge in [0.2, 0.25) is 11.8 Å². The van der Waals surface area contributed by atoms with Crippen molar-refractivity contribution in [1.82, 2.24) is 10.6 Å². The topological polar surface area (TPSA) is 122 Å². The van der Waals surface area contributed by atoms with Crippen LogP contribution < -0.4 is 16.4 Å². The molecule has 5 rings (SSSR count). The van der Waals surface area contributed by atoms with E-state index in [4.69, 9.17) is 10.8 Å². The van der Waals surface area contributed by atoms with E-state index in [1.807, 2.05) is 6.08 Å². The fourth-order valence-electron chi connectivity index (χ4n) is 4.20. The van der Waals surface area contributed by atoms with E-state index >= 15 is 0 Å². The first-order valence-corrected chi connectivity index (χ1v) is 9.20. The molecule has 2 saturated carbocycles. The van der Waals surface area contributed by atoms with Crippen molar-refractivity contribution in [3.05, 3.63) is 12.2 Å². The fraction of sp³-hybridized carbons (Fsp3) is 0.722. The van der Waals surface area contributed by atoms with Crippen molar-refractivity contribution in [2.75, 3.05) is 0 Å². The van der Waals surface area contributed by atoms with Crippen LogP contribution in [0.1, 0.15) is 44.9 Å². The highest BCUT2D eigenvalue weighted by Crippen LogP contribution is 2.31. The average molecular weight is 386 g/mol. The van der Waals surface area contributed by atoms with Crippen LogP contribution in [0.4, 0.5) is 0 Å². The van der Waals surface area contributed by atoms with Gasteiger partial charge < -0.3 is 21.5 Å². The van der Waals surface area contributed by atoms with Gasteiger partial charge >= 0.3 is 5.97 Å². The number of nitrogens with one attached hydrogen (secondary N) is 2. The lowest BCUT2D eigenvalue weighted by Crippen LogP contribution is -2.30. The number of carbonyl (C=O) groups is 3. The number of rotatable bonds is 1. The van der Waals surface area contributed by atoms with Crippen LogP contribution in [0.5, 0.6) is 0 Å². The molecule has 5 aliphatic rings. The Balaban J connectivity index is 0.000000138. The Hall–Kier alpha value is -1.60. The van der Waals surface area contributed by atoms with Crippen molar-refractivity contribution in [2.24, 2.45) is 23.5 Å². The number of hydrogen-bond donors (Lipinski definition) is 4. The molecule has 8 heteroatoms. The summed E-state index contributed by atoms with van der Waals surface area (Å²) in [6.07, 6.45) is 10.8. The molecule has 146 valence electrons. The minimum Gasteiger partial charge on any atom is -0.481 e. The summed E-state index contributed by atoms with van der Waals surface area (Å²) in [5, 5.41) is 14.2. The Morgan fingerprint density at radius 1 is 1.00 bits per heavy atom. The van der Waals surface area contributed by atoms with Crippen LogP contribution in [0.2, 0.25) is 0 Å². The van der Waals surface area contributed by atoms with Gasteiger partial charge in [-0.1, -0.05) is 12.2 Å². The van der Waals surface area contributed by atoms with Crippen molar-refractivity contribution >= 4 is 30.2 Å². The zero-order valence-corrected chi connectivity index (χ0v) is 15.5. The van der Waals surface area contributed by atoms with Gasteiger partial charge in [0.05, 0.1) is 11.8 Å². The Morgan fingerprint density at radius 3 is 2.00 bits per heavy atom. The number of carboxylic acid groups (broad SMARTS) is 1. The maximum atomic E-state index is 10.7. The Morgan fingerprint density at radius 2 is 1.77 bits per heavy atom. The predicted molar refractivity (Wildman–Crippen MR) is 98.6 cm³/mol. The summed E-state index contributed by atoms with van der Waals surface area (Å²) in [4.78, 5) is 31.7. The van der Waals surface area contributed by atoms with Gasteiger partial charge in [-0.25, -0.2) is 0 Å². The van der Waals surface area contributed by atoms with Crippen LogP contribution in [0.25, 0.3) is 0 Å². The van der Waals surface area contributed by atoms with Gasteiger partial charge in [-0.15, -0.1) is 12.4 Å². The monoisotopic (exact) mass is 385 g/mol. The SMILES string of the molecule is Cl.N[C@@H]1CC[C@H](C(=O)O)C1.O=C1N[C@@H]2C=C[C@H]1C2.O=C1N[C@@H]2CC[C@H]1C2. The van der Waals surface area contributed by atoms with E-state index in [0.717, 1.165) is 32.1 Å². The van der Waals surface area contributed by atoms with E-state index in [0.29, 0.717) is 30.3 Å². The summed E-state index contributed by atoms with van der Waals surface area (Å²) in [5.74, 6) is 0.238. The summed E-state index contributed by atoms with van der Waals surface area (Å²) < 4.78 is 0. The number of piperidine rings is 1. The van der Waals surface area contributed by atoms with Crippen molar-refractivity contribution in [3.8, 4) is 0 Å². The van der Waals surface area contributed by atoms with Gasteiger partial charge in [0, 0.05) is 24.0 Å². The maximum absolute atomic E-state index is 10.7. The first kappa shape index (κ1) is 20.7. The molecule has 0 aromatic heterocycles. The van der Waals surface area contributed by atoms with Gasteiger partial charge in [-0.3, -0.25) is 14.4 Å². The first-order valence-electron chi connectivity index (χ1n) is 9.20. The number of hydrogen-bond acceptors (Lipinski definition) is 4. The maximum Gasteiger partial charge on any atom is 0.306 e. The predicted octanol–water partition coefficient (Wildman–Crippen LogP) is 0.966. The molecule has 2 heterocycles. The van der Waals surface area contributed by atoms with E-state index in [-0.39, 0.29) is 36.2 Å². The van der Waals surface area contributed by atoms with Gasteiger partial charge in [0.1, 0.15) is 0 Å². The largest absolute Gasteiger partial charge is 0.481 e. The highest BCUT2D eigenvalue weighted by molar-refractivity contribution is 5.85.